The lowest BCUT2D eigenvalue weighted by Gasteiger charge is -1.59. The summed E-state index contributed by atoms with van der Waals surface area (Å²) in [6.45, 7) is 4.50. The van der Waals surface area contributed by atoms with Crippen LogP contribution in [0.2, 0.25) is 0 Å². The summed E-state index contributed by atoms with van der Waals surface area (Å²) in [6.07, 6.45) is 0.750. The fourth-order valence-electron chi connectivity index (χ4n) is 0. The molecule has 0 aliphatic heterocycles. The maximum Gasteiger partial charge on any atom is 0.299 e. The van der Waals surface area contributed by atoms with Crippen molar-refractivity contribution in [3.8, 4) is 0 Å². The van der Waals surface area contributed by atoms with Gasteiger partial charge in [-0.25, -0.2) is 0 Å². The van der Waals surface area contributed by atoms with Crippen LogP contribution < -0.4 is 0 Å². The lowest BCUT2D eigenvalue weighted by Crippen LogP contribution is -1.74. The van der Waals surface area contributed by atoms with Gasteiger partial charge in [-0.2, -0.15) is 4.21 Å². The summed E-state index contributed by atoms with van der Waals surface area (Å²) in [5, 5.41) is 0. The quantitative estimate of drug-likeness (QED) is 0.422. The third-order valence-electron chi connectivity index (χ3n) is 0. The van der Waals surface area contributed by atoms with Crippen LogP contribution in [0.4, 0.5) is 0 Å². The highest BCUT2D eigenvalue weighted by Crippen LogP contribution is 1.50. The molecular weight excluding hydrogens is 172 g/mol. The second kappa shape index (κ2) is 16.2. The molecule has 0 aliphatic carbocycles. The van der Waals surface area contributed by atoms with Crippen molar-refractivity contribution in [3.63, 3.8) is 0 Å². The Balaban J connectivity index is -0.0000000886. The zero-order chi connectivity index (χ0) is 9.86. The van der Waals surface area contributed by atoms with Crippen LogP contribution in [0, 0.1) is 0 Å². The van der Waals surface area contributed by atoms with Crippen LogP contribution in [0.25, 0.3) is 0 Å². The SMILES string of the molecule is CC(C)=O.CC=O.O=S(O)O. The number of carbonyl (C=O) groups excluding carboxylic acids is 2. The van der Waals surface area contributed by atoms with E-state index in [1.165, 1.54) is 20.8 Å². The van der Waals surface area contributed by atoms with Crippen LogP contribution in [0.3, 0.4) is 0 Å². The number of aldehydes is 1. The first kappa shape index (κ1) is 16.8. The van der Waals surface area contributed by atoms with Gasteiger partial charge < -0.3 is 9.59 Å². The molecule has 0 rings (SSSR count). The monoisotopic (exact) mass is 184 g/mol. The predicted octanol–water partition coefficient (Wildman–Crippen LogP) is 0.482. The van der Waals surface area contributed by atoms with Crippen molar-refractivity contribution < 1.29 is 22.9 Å². The molecule has 0 spiro atoms. The largest absolute Gasteiger partial charge is 0.304 e. The average Bonchev–Trinajstić information content (AvgIpc) is 1.60. The summed E-state index contributed by atoms with van der Waals surface area (Å²) >= 11 is -2.61. The zero-order valence-corrected chi connectivity index (χ0v) is 7.42. The number of hydrogen-bond donors (Lipinski definition) is 2. The molecule has 5 nitrogen and oxygen atoms in total. The molecule has 0 bridgehead atoms. The molecule has 0 aliphatic rings. The van der Waals surface area contributed by atoms with Gasteiger partial charge in [-0.05, 0) is 20.8 Å². The summed E-state index contributed by atoms with van der Waals surface area (Å²) in [5.41, 5.74) is 0. The van der Waals surface area contributed by atoms with Crippen LogP contribution in [0.5, 0.6) is 0 Å². The highest BCUT2D eigenvalue weighted by Gasteiger charge is 1.63. The van der Waals surface area contributed by atoms with Crippen LogP contribution >= 0.6 is 0 Å². The summed E-state index contributed by atoms with van der Waals surface area (Å²) < 4.78 is 22.8. The minimum atomic E-state index is -2.61. The molecule has 0 unspecified atom stereocenters. The first-order chi connectivity index (χ1) is 4.88. The van der Waals surface area contributed by atoms with Gasteiger partial charge in [0.1, 0.15) is 12.1 Å². The molecule has 0 saturated carbocycles. The van der Waals surface area contributed by atoms with E-state index in [4.69, 9.17) is 18.1 Å². The number of carbonyl (C=O) groups is 2. The fraction of sp³-hybridized carbons (Fsp3) is 0.600. The van der Waals surface area contributed by atoms with Crippen molar-refractivity contribution in [2.45, 2.75) is 20.8 Å². The van der Waals surface area contributed by atoms with Gasteiger partial charge in [0.05, 0.1) is 0 Å². The van der Waals surface area contributed by atoms with Gasteiger partial charge in [-0.1, -0.05) is 0 Å². The Morgan fingerprint density at radius 3 is 1.36 bits per heavy atom. The Bertz CT molecular complexity index is 102. The van der Waals surface area contributed by atoms with Gasteiger partial charge in [-0.3, -0.25) is 9.11 Å². The summed E-state index contributed by atoms with van der Waals surface area (Å²) in [4.78, 5) is 18.2. The topological polar surface area (TPSA) is 91.7 Å². The molecule has 68 valence electrons. The van der Waals surface area contributed by atoms with E-state index in [-0.39, 0.29) is 5.78 Å². The maximum absolute atomic E-state index is 9.44. The van der Waals surface area contributed by atoms with E-state index in [1.807, 2.05) is 0 Å². The van der Waals surface area contributed by atoms with Crippen LogP contribution in [0.1, 0.15) is 20.8 Å². The standard InChI is InChI=1S/C3H6O.C2H4O.H2O3S/c1-3(2)4;1-2-3;1-4(2)3/h1-2H3;2H,1H3;(H2,1,2,3). The van der Waals surface area contributed by atoms with E-state index in [9.17, 15) is 4.79 Å². The molecule has 0 atom stereocenters. The zero-order valence-electron chi connectivity index (χ0n) is 6.60. The van der Waals surface area contributed by atoms with Crippen molar-refractivity contribution in [3.05, 3.63) is 0 Å². The second-order valence-electron chi connectivity index (χ2n) is 1.37. The predicted molar refractivity (Wildman–Crippen MR) is 41.5 cm³/mol. The van der Waals surface area contributed by atoms with E-state index in [1.54, 1.807) is 0 Å². The van der Waals surface area contributed by atoms with Gasteiger partial charge >= 0.3 is 0 Å². The van der Waals surface area contributed by atoms with E-state index in [0.717, 1.165) is 6.29 Å². The Kier molecular flexibility index (Phi) is 24.7. The molecule has 0 aromatic carbocycles. The third kappa shape index (κ3) is 1480. The fourth-order valence-corrected chi connectivity index (χ4v) is 0. The van der Waals surface area contributed by atoms with E-state index < -0.39 is 11.4 Å². The summed E-state index contributed by atoms with van der Waals surface area (Å²) in [6, 6.07) is 0. The highest BCUT2D eigenvalue weighted by molar-refractivity contribution is 7.73. The molecular formula is C5H12O5S. The van der Waals surface area contributed by atoms with Crippen molar-refractivity contribution in [2.24, 2.45) is 0 Å². The summed E-state index contributed by atoms with van der Waals surface area (Å²) in [7, 11) is 0. The Morgan fingerprint density at radius 1 is 1.36 bits per heavy atom. The van der Waals surface area contributed by atoms with Gasteiger partial charge in [0.15, 0.2) is 0 Å². The molecule has 0 aromatic rings. The summed E-state index contributed by atoms with van der Waals surface area (Å²) in [5.74, 6) is 0.167. The van der Waals surface area contributed by atoms with Crippen molar-refractivity contribution in [1.82, 2.24) is 0 Å². The Labute approximate surface area is 67.9 Å². The minimum absolute atomic E-state index is 0.167. The molecule has 11 heavy (non-hydrogen) atoms. The smallest absolute Gasteiger partial charge is 0.299 e. The van der Waals surface area contributed by atoms with Gasteiger partial charge in [0, 0.05) is 0 Å². The Hall–Kier alpha value is -0.590. The molecule has 2 N–H and O–H groups in total. The second-order valence-corrected chi connectivity index (χ2v) is 1.84. The van der Waals surface area contributed by atoms with E-state index in [2.05, 4.69) is 0 Å². The highest BCUT2D eigenvalue weighted by atomic mass is 32.2. The first-order valence-corrected chi connectivity index (χ1v) is 3.61. The average molecular weight is 184 g/mol. The molecule has 0 fully saturated rings. The Morgan fingerprint density at radius 2 is 1.36 bits per heavy atom. The van der Waals surface area contributed by atoms with Crippen molar-refractivity contribution >= 4 is 23.4 Å². The molecule has 0 saturated heterocycles. The van der Waals surface area contributed by atoms with Crippen LogP contribution in [-0.4, -0.2) is 25.4 Å². The lowest BCUT2D eigenvalue weighted by atomic mass is 10.6. The lowest BCUT2D eigenvalue weighted by molar-refractivity contribution is -0.115. The van der Waals surface area contributed by atoms with E-state index in [0.29, 0.717) is 0 Å². The minimum Gasteiger partial charge on any atom is -0.304 e. The van der Waals surface area contributed by atoms with Crippen LogP contribution in [0.15, 0.2) is 0 Å². The molecule has 0 heterocycles. The number of Topliss-reactive ketones (excluding diaryl/α,β-unsaturated/α-hetero) is 1. The van der Waals surface area contributed by atoms with Crippen molar-refractivity contribution in [2.75, 3.05) is 0 Å². The maximum atomic E-state index is 9.44. The van der Waals surface area contributed by atoms with Gasteiger partial charge in [0.25, 0.3) is 11.4 Å². The van der Waals surface area contributed by atoms with Crippen molar-refractivity contribution in [1.29, 1.82) is 0 Å². The molecule has 6 heteroatoms. The van der Waals surface area contributed by atoms with Gasteiger partial charge in [0.2, 0.25) is 0 Å². The number of hydrogen-bond acceptors (Lipinski definition) is 3. The molecule has 0 radical (unpaired) electrons. The molecule has 0 aromatic heterocycles. The number of rotatable bonds is 0. The van der Waals surface area contributed by atoms with E-state index >= 15 is 0 Å². The normalized spacial score (nSPS) is 6.73. The van der Waals surface area contributed by atoms with Gasteiger partial charge in [-0.15, -0.1) is 0 Å². The van der Waals surface area contributed by atoms with Crippen LogP contribution in [-0.2, 0) is 21.0 Å². The molecule has 0 amide bonds. The third-order valence-corrected chi connectivity index (χ3v) is 0. The number of ketones is 1. The first-order valence-electron chi connectivity index (χ1n) is 2.55.